The molecule has 1 aromatic carbocycles. The number of nitrogens with zero attached hydrogens (tertiary/aromatic N) is 3. The highest BCUT2D eigenvalue weighted by Gasteiger charge is 2.49. The zero-order valence-corrected chi connectivity index (χ0v) is 18.7. The van der Waals surface area contributed by atoms with E-state index in [1.165, 1.54) is 11.3 Å². The Morgan fingerprint density at radius 1 is 1.06 bits per heavy atom. The zero-order chi connectivity index (χ0) is 22.9. The molecule has 2 aliphatic rings. The highest BCUT2D eigenvalue weighted by atomic mass is 32.1. The van der Waals surface area contributed by atoms with Crippen LogP contribution in [0.3, 0.4) is 0 Å². The fourth-order valence-electron chi connectivity index (χ4n) is 3.91. The number of hydrogen-bond acceptors (Lipinski definition) is 6. The summed E-state index contributed by atoms with van der Waals surface area (Å²) in [4.78, 5) is 55.8. The van der Waals surface area contributed by atoms with Gasteiger partial charge in [0.1, 0.15) is 17.8 Å². The van der Waals surface area contributed by atoms with Crippen molar-refractivity contribution >= 4 is 35.1 Å². The normalized spacial score (nSPS) is 21.0. The SMILES string of the molecule is COc1ccc([C@@]2(C)NC(=O)N(CC(=O)N3CCN(C(=O)c4cccs4)CC3)C2=O)cc1. The summed E-state index contributed by atoms with van der Waals surface area (Å²) in [6, 6.07) is 9.86. The molecule has 1 aromatic heterocycles. The maximum absolute atomic E-state index is 13.1. The number of thiophene rings is 1. The van der Waals surface area contributed by atoms with Gasteiger partial charge in [0.2, 0.25) is 5.91 Å². The summed E-state index contributed by atoms with van der Waals surface area (Å²) in [5, 5.41) is 4.56. The Balaban J connectivity index is 1.37. The summed E-state index contributed by atoms with van der Waals surface area (Å²) in [6.07, 6.45) is 0. The molecule has 5 amide bonds. The Kier molecular flexibility index (Phi) is 5.88. The molecule has 0 saturated carbocycles. The van der Waals surface area contributed by atoms with Gasteiger partial charge in [0.25, 0.3) is 11.8 Å². The summed E-state index contributed by atoms with van der Waals surface area (Å²) >= 11 is 1.39. The Bertz CT molecular complexity index is 1030. The molecular formula is C22H24N4O5S. The average molecular weight is 457 g/mol. The quantitative estimate of drug-likeness (QED) is 0.688. The summed E-state index contributed by atoms with van der Waals surface area (Å²) in [7, 11) is 1.55. The van der Waals surface area contributed by atoms with Crippen LogP contribution in [0.15, 0.2) is 41.8 Å². The van der Waals surface area contributed by atoms with Crippen molar-refractivity contribution in [2.75, 3.05) is 39.8 Å². The predicted molar refractivity (Wildman–Crippen MR) is 117 cm³/mol. The topological polar surface area (TPSA) is 99.3 Å². The largest absolute Gasteiger partial charge is 0.497 e. The molecule has 32 heavy (non-hydrogen) atoms. The monoisotopic (exact) mass is 456 g/mol. The number of amides is 5. The number of rotatable bonds is 5. The molecule has 1 N–H and O–H groups in total. The van der Waals surface area contributed by atoms with Crippen molar-refractivity contribution in [2.24, 2.45) is 0 Å². The van der Waals surface area contributed by atoms with Crippen molar-refractivity contribution in [3.63, 3.8) is 0 Å². The predicted octanol–water partition coefficient (Wildman–Crippen LogP) is 1.51. The number of hydrogen-bond donors (Lipinski definition) is 1. The number of nitrogens with one attached hydrogen (secondary N) is 1. The van der Waals surface area contributed by atoms with Gasteiger partial charge in [0.15, 0.2) is 0 Å². The molecule has 1 atom stereocenters. The molecule has 2 saturated heterocycles. The molecule has 4 rings (SSSR count). The van der Waals surface area contributed by atoms with E-state index >= 15 is 0 Å². The Morgan fingerprint density at radius 3 is 2.31 bits per heavy atom. The lowest BCUT2D eigenvalue weighted by Crippen LogP contribution is -2.53. The van der Waals surface area contributed by atoms with Gasteiger partial charge >= 0.3 is 6.03 Å². The molecule has 2 aromatic rings. The standard InChI is InChI=1S/C22H24N4O5S/c1-22(15-5-7-16(31-2)8-6-15)20(29)26(21(30)23-22)14-18(27)24-9-11-25(12-10-24)19(28)17-4-3-13-32-17/h3-8,13H,9-12,14H2,1-2H3,(H,23,30)/t22-/m1/s1. The molecule has 2 aliphatic heterocycles. The first-order chi connectivity index (χ1) is 15.3. The van der Waals surface area contributed by atoms with E-state index in [1.54, 1.807) is 54.2 Å². The molecule has 0 bridgehead atoms. The van der Waals surface area contributed by atoms with Gasteiger partial charge in [-0.2, -0.15) is 0 Å². The Labute approximate surface area is 189 Å². The van der Waals surface area contributed by atoms with E-state index in [9.17, 15) is 19.2 Å². The maximum atomic E-state index is 13.1. The molecule has 9 nitrogen and oxygen atoms in total. The van der Waals surface area contributed by atoms with E-state index in [4.69, 9.17) is 4.74 Å². The van der Waals surface area contributed by atoms with Crippen LogP contribution in [-0.2, 0) is 15.1 Å². The highest BCUT2D eigenvalue weighted by molar-refractivity contribution is 7.12. The van der Waals surface area contributed by atoms with E-state index in [1.807, 2.05) is 11.4 Å². The molecule has 0 aliphatic carbocycles. The van der Waals surface area contributed by atoms with Gasteiger partial charge in [-0.15, -0.1) is 11.3 Å². The minimum absolute atomic E-state index is 0.0449. The summed E-state index contributed by atoms with van der Waals surface area (Å²) < 4.78 is 5.14. The third-order valence-electron chi connectivity index (χ3n) is 5.89. The number of carbonyl (C=O) groups is 4. The first kappa shape index (κ1) is 21.8. The molecule has 3 heterocycles. The lowest BCUT2D eigenvalue weighted by atomic mass is 9.92. The molecule has 10 heteroatoms. The number of carbonyl (C=O) groups excluding carboxylic acids is 4. The van der Waals surface area contributed by atoms with Crippen LogP contribution in [0.2, 0.25) is 0 Å². The van der Waals surface area contributed by atoms with Crippen LogP contribution in [0.25, 0.3) is 0 Å². The van der Waals surface area contributed by atoms with Crippen molar-refractivity contribution in [2.45, 2.75) is 12.5 Å². The lowest BCUT2D eigenvalue weighted by molar-refractivity contribution is -0.139. The third-order valence-corrected chi connectivity index (χ3v) is 6.75. The lowest BCUT2D eigenvalue weighted by Gasteiger charge is -2.35. The van der Waals surface area contributed by atoms with Gasteiger partial charge in [-0.25, -0.2) is 4.79 Å². The van der Waals surface area contributed by atoms with Gasteiger partial charge in [-0.1, -0.05) is 18.2 Å². The molecule has 0 spiro atoms. The fourth-order valence-corrected chi connectivity index (χ4v) is 4.60. The first-order valence-corrected chi connectivity index (χ1v) is 11.1. The Morgan fingerprint density at radius 2 is 1.72 bits per heavy atom. The van der Waals surface area contributed by atoms with Crippen LogP contribution >= 0.6 is 11.3 Å². The highest BCUT2D eigenvalue weighted by Crippen LogP contribution is 2.30. The van der Waals surface area contributed by atoms with E-state index in [-0.39, 0.29) is 18.4 Å². The van der Waals surface area contributed by atoms with Crippen LogP contribution in [0.5, 0.6) is 5.75 Å². The molecule has 2 fully saturated rings. The van der Waals surface area contributed by atoms with Crippen molar-refractivity contribution in [1.29, 1.82) is 0 Å². The summed E-state index contributed by atoms with van der Waals surface area (Å²) in [5.41, 5.74) is -0.651. The van der Waals surface area contributed by atoms with Crippen LogP contribution in [0.1, 0.15) is 22.2 Å². The molecule has 0 radical (unpaired) electrons. The van der Waals surface area contributed by atoms with Gasteiger partial charge in [0, 0.05) is 26.2 Å². The van der Waals surface area contributed by atoms with Gasteiger partial charge in [-0.3, -0.25) is 19.3 Å². The molecule has 0 unspecified atom stereocenters. The second-order valence-corrected chi connectivity index (χ2v) is 8.77. The van der Waals surface area contributed by atoms with Crippen LogP contribution in [0.4, 0.5) is 4.79 Å². The van der Waals surface area contributed by atoms with Crippen LogP contribution < -0.4 is 10.1 Å². The molecular weight excluding hydrogens is 432 g/mol. The van der Waals surface area contributed by atoms with E-state index in [0.717, 1.165) is 4.90 Å². The van der Waals surface area contributed by atoms with Crippen LogP contribution in [0, 0.1) is 0 Å². The number of urea groups is 1. The smallest absolute Gasteiger partial charge is 0.325 e. The second-order valence-electron chi connectivity index (χ2n) is 7.83. The van der Waals surface area contributed by atoms with E-state index in [2.05, 4.69) is 5.32 Å². The summed E-state index contributed by atoms with van der Waals surface area (Å²) in [6.45, 7) is 2.81. The Hall–Kier alpha value is -3.40. The van der Waals surface area contributed by atoms with Crippen molar-refractivity contribution in [3.05, 3.63) is 52.2 Å². The maximum Gasteiger partial charge on any atom is 0.325 e. The number of benzene rings is 1. The van der Waals surface area contributed by atoms with E-state index < -0.39 is 17.5 Å². The number of piperazine rings is 1. The van der Waals surface area contributed by atoms with Crippen molar-refractivity contribution < 1.29 is 23.9 Å². The number of methoxy groups -OCH3 is 1. The van der Waals surface area contributed by atoms with Crippen LogP contribution in [-0.4, -0.2) is 78.3 Å². The first-order valence-electron chi connectivity index (χ1n) is 10.2. The number of ether oxygens (including phenoxy) is 1. The minimum Gasteiger partial charge on any atom is -0.497 e. The van der Waals surface area contributed by atoms with E-state index in [0.29, 0.717) is 42.4 Å². The van der Waals surface area contributed by atoms with Gasteiger partial charge < -0.3 is 19.9 Å². The zero-order valence-electron chi connectivity index (χ0n) is 17.9. The molecule has 168 valence electrons. The van der Waals surface area contributed by atoms with Gasteiger partial charge in [-0.05, 0) is 36.1 Å². The third kappa shape index (κ3) is 3.93. The minimum atomic E-state index is -1.25. The fraction of sp³-hybridized carbons (Fsp3) is 0.364. The summed E-state index contributed by atoms with van der Waals surface area (Å²) in [5.74, 6) is -0.211. The van der Waals surface area contributed by atoms with Crippen molar-refractivity contribution in [3.8, 4) is 5.75 Å². The number of imide groups is 1. The van der Waals surface area contributed by atoms with Gasteiger partial charge in [0.05, 0.1) is 12.0 Å². The second kappa shape index (κ2) is 8.62. The van der Waals surface area contributed by atoms with Crippen molar-refractivity contribution in [1.82, 2.24) is 20.0 Å². The average Bonchev–Trinajstić information content (AvgIpc) is 3.42.